The van der Waals surface area contributed by atoms with Crippen LogP contribution in [0.3, 0.4) is 0 Å². The van der Waals surface area contributed by atoms with Crippen LogP contribution >= 0.6 is 11.3 Å². The van der Waals surface area contributed by atoms with E-state index in [0.717, 1.165) is 33.6 Å². The van der Waals surface area contributed by atoms with Gasteiger partial charge in [0.25, 0.3) is 0 Å². The molecule has 0 saturated heterocycles. The van der Waals surface area contributed by atoms with E-state index < -0.39 is 0 Å². The number of fused-ring (bicyclic) bond motifs is 1. The minimum atomic E-state index is 0.484. The summed E-state index contributed by atoms with van der Waals surface area (Å²) in [7, 11) is 0. The van der Waals surface area contributed by atoms with Crippen LogP contribution in [0.25, 0.3) is 5.65 Å². The molecule has 9 heteroatoms. The molecule has 0 spiro atoms. The maximum absolute atomic E-state index is 6.01. The van der Waals surface area contributed by atoms with Gasteiger partial charge in [-0.3, -0.25) is 4.98 Å². The van der Waals surface area contributed by atoms with Gasteiger partial charge in [-0.1, -0.05) is 17.4 Å². The summed E-state index contributed by atoms with van der Waals surface area (Å²) in [6.45, 7) is 3.16. The predicted molar refractivity (Wildman–Crippen MR) is 106 cm³/mol. The normalized spacial score (nSPS) is 18.3. The molecule has 4 heterocycles. The third-order valence-corrected chi connectivity index (χ3v) is 5.60. The highest BCUT2D eigenvalue weighted by molar-refractivity contribution is 7.11. The van der Waals surface area contributed by atoms with E-state index in [4.69, 9.17) is 4.74 Å². The Labute approximate surface area is 165 Å². The van der Waals surface area contributed by atoms with Gasteiger partial charge >= 0.3 is 0 Å². The summed E-state index contributed by atoms with van der Waals surface area (Å²) < 4.78 is 7.77. The van der Waals surface area contributed by atoms with Gasteiger partial charge < -0.3 is 10.1 Å². The van der Waals surface area contributed by atoms with Crippen LogP contribution in [0.2, 0.25) is 0 Å². The molecule has 4 aromatic rings. The van der Waals surface area contributed by atoms with Crippen molar-refractivity contribution in [3.63, 3.8) is 0 Å². The minimum absolute atomic E-state index is 0.484. The second-order valence-electron chi connectivity index (χ2n) is 6.82. The lowest BCUT2D eigenvalue weighted by atomic mass is 10.2. The molecular weight excluding hydrogens is 374 g/mol. The number of nitrogens with one attached hydrogen (secondary N) is 1. The zero-order valence-corrected chi connectivity index (χ0v) is 16.1. The van der Waals surface area contributed by atoms with E-state index in [1.165, 1.54) is 0 Å². The van der Waals surface area contributed by atoms with Crippen molar-refractivity contribution in [2.45, 2.75) is 25.8 Å². The fourth-order valence-electron chi connectivity index (χ4n) is 3.25. The Kier molecular flexibility index (Phi) is 4.36. The first kappa shape index (κ1) is 17.1. The molecule has 0 aromatic carbocycles. The van der Waals surface area contributed by atoms with Crippen molar-refractivity contribution < 1.29 is 4.74 Å². The van der Waals surface area contributed by atoms with Crippen LogP contribution in [-0.2, 0) is 6.54 Å². The fraction of sp³-hybridized carbons (Fsp3) is 0.316. The van der Waals surface area contributed by atoms with Crippen LogP contribution in [0, 0.1) is 12.8 Å². The molecular formula is C19H19N7OS. The van der Waals surface area contributed by atoms with E-state index in [9.17, 15) is 0 Å². The zero-order valence-electron chi connectivity index (χ0n) is 15.3. The summed E-state index contributed by atoms with van der Waals surface area (Å²) in [6.07, 6.45) is 4.68. The maximum Gasteiger partial charge on any atom is 0.219 e. The number of aromatic nitrogens is 6. The summed E-state index contributed by atoms with van der Waals surface area (Å²) in [5.74, 6) is 2.38. The van der Waals surface area contributed by atoms with E-state index >= 15 is 0 Å². The van der Waals surface area contributed by atoms with Crippen LogP contribution in [0.4, 0.5) is 5.82 Å². The molecule has 8 nitrogen and oxygen atoms in total. The van der Waals surface area contributed by atoms with Crippen molar-refractivity contribution in [1.29, 1.82) is 0 Å². The standard InChI is InChI=1S/C19H19N7OS/c1-12-24-25-19(28-12)10-21-17-9-18(23-16-5-7-22-26(16)17)27-11-13-8-14(13)15-4-2-3-6-20-15/h2-7,9,13-14,21H,8,10-11H2,1H3/t13-,14+/m1/s1. The SMILES string of the molecule is Cc1nnc(CNc2cc(OC[C@H]3C[C@@H]3c3ccccn3)nc3ccnn23)s1. The number of anilines is 1. The molecule has 0 aliphatic heterocycles. The van der Waals surface area contributed by atoms with Gasteiger partial charge in [-0.25, -0.2) is 0 Å². The Morgan fingerprint density at radius 1 is 1.25 bits per heavy atom. The van der Waals surface area contributed by atoms with E-state index in [2.05, 4.69) is 36.6 Å². The Morgan fingerprint density at radius 2 is 2.21 bits per heavy atom. The zero-order chi connectivity index (χ0) is 18.9. The highest BCUT2D eigenvalue weighted by Gasteiger charge is 2.39. The highest BCUT2D eigenvalue weighted by atomic mass is 32.1. The van der Waals surface area contributed by atoms with Gasteiger partial charge in [0.2, 0.25) is 5.88 Å². The lowest BCUT2D eigenvalue weighted by Crippen LogP contribution is -2.08. The molecule has 1 aliphatic carbocycles. The van der Waals surface area contributed by atoms with Gasteiger partial charge in [0, 0.05) is 35.9 Å². The minimum Gasteiger partial charge on any atom is -0.477 e. The van der Waals surface area contributed by atoms with Gasteiger partial charge in [0.1, 0.15) is 15.8 Å². The summed E-state index contributed by atoms with van der Waals surface area (Å²) in [5, 5.41) is 17.8. The lowest BCUT2D eigenvalue weighted by molar-refractivity contribution is 0.286. The Hall–Kier alpha value is -3.07. The van der Waals surface area contributed by atoms with Crippen LogP contribution in [0.5, 0.6) is 5.88 Å². The third kappa shape index (κ3) is 3.53. The van der Waals surface area contributed by atoms with E-state index in [1.54, 1.807) is 22.0 Å². The third-order valence-electron chi connectivity index (χ3n) is 4.76. The molecule has 1 aliphatic rings. The number of pyridine rings is 1. The average molecular weight is 393 g/mol. The summed E-state index contributed by atoms with van der Waals surface area (Å²) in [6, 6.07) is 9.80. The van der Waals surface area contributed by atoms with Crippen molar-refractivity contribution in [2.75, 3.05) is 11.9 Å². The van der Waals surface area contributed by atoms with Crippen molar-refractivity contribution in [3.05, 3.63) is 58.4 Å². The predicted octanol–water partition coefficient (Wildman–Crippen LogP) is 3.08. The number of aryl methyl sites for hydroxylation is 1. The molecule has 0 unspecified atom stereocenters. The molecule has 0 radical (unpaired) electrons. The smallest absolute Gasteiger partial charge is 0.219 e. The van der Waals surface area contributed by atoms with E-state index in [0.29, 0.717) is 30.9 Å². The van der Waals surface area contributed by atoms with Gasteiger partial charge in [-0.15, -0.1) is 10.2 Å². The van der Waals surface area contributed by atoms with Crippen molar-refractivity contribution in [2.24, 2.45) is 5.92 Å². The summed E-state index contributed by atoms with van der Waals surface area (Å²) >= 11 is 1.57. The molecule has 0 bridgehead atoms. The molecule has 5 rings (SSSR count). The van der Waals surface area contributed by atoms with Gasteiger partial charge in [0.05, 0.1) is 19.3 Å². The van der Waals surface area contributed by atoms with Crippen LogP contribution < -0.4 is 10.1 Å². The summed E-state index contributed by atoms with van der Waals surface area (Å²) in [5.41, 5.74) is 1.88. The van der Waals surface area contributed by atoms with Crippen LogP contribution in [0.15, 0.2) is 42.7 Å². The Morgan fingerprint density at radius 3 is 3.04 bits per heavy atom. The molecule has 142 valence electrons. The summed E-state index contributed by atoms with van der Waals surface area (Å²) in [4.78, 5) is 9.00. The number of nitrogens with zero attached hydrogens (tertiary/aromatic N) is 6. The van der Waals surface area contributed by atoms with Gasteiger partial charge in [-0.05, 0) is 25.5 Å². The first-order valence-corrected chi connectivity index (χ1v) is 9.99. The van der Waals surface area contributed by atoms with Crippen molar-refractivity contribution >= 4 is 22.8 Å². The molecule has 1 fully saturated rings. The highest BCUT2D eigenvalue weighted by Crippen LogP contribution is 2.46. The first-order valence-electron chi connectivity index (χ1n) is 9.17. The van der Waals surface area contributed by atoms with Crippen molar-refractivity contribution in [3.8, 4) is 5.88 Å². The van der Waals surface area contributed by atoms with Crippen LogP contribution in [-0.4, -0.2) is 36.4 Å². The number of hydrogen-bond acceptors (Lipinski definition) is 8. The number of hydrogen-bond donors (Lipinski definition) is 1. The van der Waals surface area contributed by atoms with Crippen LogP contribution in [0.1, 0.15) is 28.0 Å². The second-order valence-corrected chi connectivity index (χ2v) is 8.08. The van der Waals surface area contributed by atoms with E-state index in [1.807, 2.05) is 37.4 Å². The molecule has 28 heavy (non-hydrogen) atoms. The number of ether oxygens (including phenoxy) is 1. The van der Waals surface area contributed by atoms with Gasteiger partial charge in [-0.2, -0.15) is 14.6 Å². The average Bonchev–Trinajstić information content (AvgIpc) is 3.11. The second kappa shape index (κ2) is 7.16. The van der Waals surface area contributed by atoms with Gasteiger partial charge in [0.15, 0.2) is 5.65 Å². The van der Waals surface area contributed by atoms with Crippen molar-refractivity contribution in [1.82, 2.24) is 29.8 Å². The largest absolute Gasteiger partial charge is 0.477 e. The molecule has 1 saturated carbocycles. The van der Waals surface area contributed by atoms with E-state index in [-0.39, 0.29) is 0 Å². The molecule has 1 N–H and O–H groups in total. The Bertz CT molecular complexity index is 1090. The molecule has 4 aromatic heterocycles. The maximum atomic E-state index is 6.01. The first-order chi connectivity index (χ1) is 13.8. The lowest BCUT2D eigenvalue weighted by Gasteiger charge is -2.10. The molecule has 2 atom stereocenters. The fourth-order valence-corrected chi connectivity index (χ4v) is 3.90. The molecule has 0 amide bonds. The quantitative estimate of drug-likeness (QED) is 0.516. The monoisotopic (exact) mass is 393 g/mol. The number of rotatable bonds is 7. The topological polar surface area (TPSA) is 90.1 Å². The Balaban J connectivity index is 1.27.